The fourth-order valence-electron chi connectivity index (χ4n) is 3.60. The Kier molecular flexibility index (Phi) is 4.76. The zero-order valence-electron chi connectivity index (χ0n) is 13.9. The summed E-state index contributed by atoms with van der Waals surface area (Å²) in [5.41, 5.74) is 2.56. The molecule has 1 aliphatic carbocycles. The molecule has 3 N–H and O–H groups in total. The monoisotopic (exact) mass is 317 g/mol. The second-order valence-electron chi connectivity index (χ2n) is 6.96. The molecule has 2 amide bonds. The van der Waals surface area contributed by atoms with Gasteiger partial charge in [0.25, 0.3) is 0 Å². The summed E-state index contributed by atoms with van der Waals surface area (Å²) in [4.78, 5) is 14.3. The third-order valence-electron chi connectivity index (χ3n) is 5.08. The van der Waals surface area contributed by atoms with E-state index in [0.717, 1.165) is 44.3 Å². The quantitative estimate of drug-likeness (QED) is 0.751. The van der Waals surface area contributed by atoms with Gasteiger partial charge in [-0.1, -0.05) is 31.7 Å². The van der Waals surface area contributed by atoms with Crippen molar-refractivity contribution in [3.63, 3.8) is 0 Å². The molecule has 126 valence electrons. The van der Waals surface area contributed by atoms with E-state index in [2.05, 4.69) is 28.6 Å². The summed E-state index contributed by atoms with van der Waals surface area (Å²) in [6, 6.07) is 5.79. The predicted molar refractivity (Wildman–Crippen MR) is 93.1 cm³/mol. The van der Waals surface area contributed by atoms with Crippen molar-refractivity contribution < 1.29 is 9.90 Å². The highest BCUT2D eigenvalue weighted by Crippen LogP contribution is 2.29. The highest BCUT2D eigenvalue weighted by Gasteiger charge is 2.28. The summed E-state index contributed by atoms with van der Waals surface area (Å²) in [6.07, 6.45) is 7.04. The fraction of sp³-hybridized carbons (Fsp3) is 0.611. The van der Waals surface area contributed by atoms with Crippen LogP contribution in [0.4, 0.5) is 16.2 Å². The maximum Gasteiger partial charge on any atom is 0.319 e. The zero-order chi connectivity index (χ0) is 16.3. The van der Waals surface area contributed by atoms with Crippen LogP contribution in [0.15, 0.2) is 18.2 Å². The molecule has 0 aromatic heterocycles. The van der Waals surface area contributed by atoms with E-state index in [4.69, 9.17) is 0 Å². The number of carbonyl (C=O) groups excluding carboxylic acids is 1. The molecule has 0 spiro atoms. The number of benzene rings is 1. The fourth-order valence-corrected chi connectivity index (χ4v) is 3.60. The minimum atomic E-state index is -0.744. The van der Waals surface area contributed by atoms with Crippen LogP contribution in [-0.2, 0) is 6.42 Å². The lowest BCUT2D eigenvalue weighted by atomic mass is 9.95. The number of nitrogens with zero attached hydrogens (tertiary/aromatic N) is 1. The van der Waals surface area contributed by atoms with Gasteiger partial charge in [-0.3, -0.25) is 0 Å². The summed E-state index contributed by atoms with van der Waals surface area (Å²) in [5.74, 6) is 0. The third kappa shape index (κ3) is 3.96. The van der Waals surface area contributed by atoms with Gasteiger partial charge in [-0.2, -0.15) is 0 Å². The molecule has 1 aliphatic heterocycles. The molecule has 3 rings (SSSR count). The molecular weight excluding hydrogens is 290 g/mol. The van der Waals surface area contributed by atoms with Crippen LogP contribution in [0.2, 0.25) is 0 Å². The molecule has 1 aromatic carbocycles. The highest BCUT2D eigenvalue weighted by atomic mass is 16.3. The average molecular weight is 317 g/mol. The van der Waals surface area contributed by atoms with E-state index in [9.17, 15) is 9.90 Å². The van der Waals surface area contributed by atoms with Gasteiger partial charge in [0.15, 0.2) is 0 Å². The Labute approximate surface area is 138 Å². The van der Waals surface area contributed by atoms with Crippen LogP contribution in [0.25, 0.3) is 0 Å². The molecule has 23 heavy (non-hydrogen) atoms. The van der Waals surface area contributed by atoms with Gasteiger partial charge < -0.3 is 20.6 Å². The number of amides is 2. The molecule has 1 fully saturated rings. The topological polar surface area (TPSA) is 64.6 Å². The van der Waals surface area contributed by atoms with Crippen molar-refractivity contribution in [3.8, 4) is 0 Å². The van der Waals surface area contributed by atoms with Crippen molar-refractivity contribution >= 4 is 17.4 Å². The van der Waals surface area contributed by atoms with Crippen molar-refractivity contribution in [2.45, 2.75) is 50.5 Å². The SMILES string of the molecule is CN1CCc2ccc(NC(=O)NCC3(O)CCCCCC3)cc21. The first-order valence-corrected chi connectivity index (χ1v) is 8.67. The van der Waals surface area contributed by atoms with Gasteiger partial charge in [0.05, 0.1) is 5.60 Å². The van der Waals surface area contributed by atoms with Crippen LogP contribution in [0.3, 0.4) is 0 Å². The second-order valence-corrected chi connectivity index (χ2v) is 6.96. The molecule has 0 unspecified atom stereocenters. The molecule has 0 atom stereocenters. The van der Waals surface area contributed by atoms with Crippen molar-refractivity contribution in [3.05, 3.63) is 23.8 Å². The summed E-state index contributed by atoms with van der Waals surface area (Å²) in [5, 5.41) is 16.3. The lowest BCUT2D eigenvalue weighted by Crippen LogP contribution is -2.44. The number of anilines is 2. The molecule has 0 bridgehead atoms. The minimum Gasteiger partial charge on any atom is -0.388 e. The number of urea groups is 1. The van der Waals surface area contributed by atoms with Gasteiger partial charge in [-0.15, -0.1) is 0 Å². The molecule has 1 aromatic rings. The Balaban J connectivity index is 1.54. The predicted octanol–water partition coefficient (Wildman–Crippen LogP) is 2.89. The summed E-state index contributed by atoms with van der Waals surface area (Å²) in [6.45, 7) is 1.35. The largest absolute Gasteiger partial charge is 0.388 e. The number of likely N-dealkylation sites (N-methyl/N-ethyl adjacent to an activating group) is 1. The number of aliphatic hydroxyl groups is 1. The van der Waals surface area contributed by atoms with Crippen LogP contribution in [0.1, 0.15) is 44.1 Å². The summed E-state index contributed by atoms with van der Waals surface area (Å²) in [7, 11) is 2.07. The Morgan fingerprint density at radius 3 is 2.74 bits per heavy atom. The maximum atomic E-state index is 12.1. The van der Waals surface area contributed by atoms with Crippen molar-refractivity contribution in [2.24, 2.45) is 0 Å². The Hall–Kier alpha value is -1.75. The van der Waals surface area contributed by atoms with E-state index in [1.54, 1.807) is 0 Å². The Bertz CT molecular complexity index is 565. The number of hydrogen-bond donors (Lipinski definition) is 3. The molecule has 5 heteroatoms. The summed E-state index contributed by atoms with van der Waals surface area (Å²) >= 11 is 0. The molecule has 1 heterocycles. The molecule has 0 radical (unpaired) electrons. The van der Waals surface area contributed by atoms with E-state index in [-0.39, 0.29) is 6.03 Å². The number of rotatable bonds is 3. The summed E-state index contributed by atoms with van der Waals surface area (Å²) < 4.78 is 0. The van der Waals surface area contributed by atoms with Crippen molar-refractivity contribution in [1.29, 1.82) is 0 Å². The normalized spacial score (nSPS) is 19.8. The smallest absolute Gasteiger partial charge is 0.319 e. The second kappa shape index (κ2) is 6.79. The van der Waals surface area contributed by atoms with Crippen molar-refractivity contribution in [1.82, 2.24) is 5.32 Å². The van der Waals surface area contributed by atoms with E-state index < -0.39 is 5.60 Å². The first-order chi connectivity index (χ1) is 11.1. The van der Waals surface area contributed by atoms with E-state index >= 15 is 0 Å². The zero-order valence-corrected chi connectivity index (χ0v) is 13.9. The molecular formula is C18H27N3O2. The first kappa shape index (κ1) is 16.1. The van der Waals surface area contributed by atoms with Crippen LogP contribution >= 0.6 is 0 Å². The van der Waals surface area contributed by atoms with Crippen LogP contribution in [-0.4, -0.2) is 36.9 Å². The average Bonchev–Trinajstić information content (AvgIpc) is 2.76. The lowest BCUT2D eigenvalue weighted by Gasteiger charge is -2.26. The van der Waals surface area contributed by atoms with Gasteiger partial charge in [-0.05, 0) is 37.0 Å². The van der Waals surface area contributed by atoms with Crippen LogP contribution in [0, 0.1) is 0 Å². The van der Waals surface area contributed by atoms with E-state index in [0.29, 0.717) is 6.54 Å². The molecule has 0 saturated heterocycles. The van der Waals surface area contributed by atoms with Gasteiger partial charge in [-0.25, -0.2) is 4.79 Å². The van der Waals surface area contributed by atoms with Crippen LogP contribution < -0.4 is 15.5 Å². The number of nitrogens with one attached hydrogen (secondary N) is 2. The maximum absolute atomic E-state index is 12.1. The van der Waals surface area contributed by atoms with E-state index in [1.165, 1.54) is 24.1 Å². The van der Waals surface area contributed by atoms with Crippen molar-refractivity contribution in [2.75, 3.05) is 30.4 Å². The Morgan fingerprint density at radius 2 is 2.00 bits per heavy atom. The van der Waals surface area contributed by atoms with Gasteiger partial charge in [0, 0.05) is 31.5 Å². The van der Waals surface area contributed by atoms with E-state index in [1.807, 2.05) is 12.1 Å². The van der Waals surface area contributed by atoms with Gasteiger partial charge in [0.1, 0.15) is 0 Å². The van der Waals surface area contributed by atoms with Gasteiger partial charge in [0.2, 0.25) is 0 Å². The molecule has 5 nitrogen and oxygen atoms in total. The number of fused-ring (bicyclic) bond motifs is 1. The van der Waals surface area contributed by atoms with Crippen LogP contribution in [0.5, 0.6) is 0 Å². The van der Waals surface area contributed by atoms with Gasteiger partial charge >= 0.3 is 6.03 Å². The highest BCUT2D eigenvalue weighted by molar-refractivity contribution is 5.90. The molecule has 2 aliphatic rings. The first-order valence-electron chi connectivity index (χ1n) is 8.67. The minimum absolute atomic E-state index is 0.247. The molecule has 1 saturated carbocycles. The lowest BCUT2D eigenvalue weighted by molar-refractivity contribution is 0.0281. The Morgan fingerprint density at radius 1 is 1.26 bits per heavy atom. The standard InChI is InChI=1S/C18H27N3O2/c1-21-11-8-14-6-7-15(12-16(14)21)20-17(22)19-13-18(23)9-4-2-3-5-10-18/h6-7,12,23H,2-5,8-11,13H2,1H3,(H2,19,20,22). The number of carbonyl (C=O) groups is 1. The number of hydrogen-bond acceptors (Lipinski definition) is 3. The third-order valence-corrected chi connectivity index (χ3v) is 5.08.